The lowest BCUT2D eigenvalue weighted by molar-refractivity contribution is 0.189. The lowest BCUT2D eigenvalue weighted by Gasteiger charge is -2.15. The summed E-state index contributed by atoms with van der Waals surface area (Å²) in [7, 11) is -3.26. The van der Waals surface area contributed by atoms with Crippen molar-refractivity contribution in [2.24, 2.45) is 0 Å². The first-order valence-electron chi connectivity index (χ1n) is 6.12. The third-order valence-corrected chi connectivity index (χ3v) is 6.23. The van der Waals surface area contributed by atoms with Gasteiger partial charge in [-0.25, -0.2) is 8.42 Å². The van der Waals surface area contributed by atoms with Crippen LogP contribution < -0.4 is 5.73 Å². The van der Waals surface area contributed by atoms with E-state index in [1.54, 1.807) is 6.07 Å². The lowest BCUT2D eigenvalue weighted by Crippen LogP contribution is -2.32. The highest BCUT2D eigenvalue weighted by molar-refractivity contribution is 8.00. The number of aliphatic hydroxyl groups excluding tert-OH is 1. The number of para-hydroxylation sites is 1. The second kappa shape index (κ2) is 6.13. The molecule has 0 spiro atoms. The van der Waals surface area contributed by atoms with Crippen LogP contribution in [-0.2, 0) is 10.0 Å². The molecule has 1 fully saturated rings. The summed E-state index contributed by atoms with van der Waals surface area (Å²) in [5, 5.41) is 9.37. The van der Waals surface area contributed by atoms with E-state index < -0.39 is 16.1 Å². The predicted octanol–water partition coefficient (Wildman–Crippen LogP) is 0.757. The van der Waals surface area contributed by atoms with Crippen LogP contribution in [0.3, 0.4) is 0 Å². The Morgan fingerprint density at radius 3 is 2.79 bits per heavy atom. The molecule has 2 rings (SSSR count). The van der Waals surface area contributed by atoms with E-state index in [1.165, 1.54) is 16.1 Å². The second-order valence-electron chi connectivity index (χ2n) is 4.50. The molecule has 0 saturated carbocycles. The van der Waals surface area contributed by atoms with Crippen molar-refractivity contribution in [2.75, 3.05) is 30.3 Å². The standard InChI is InChI=1S/C12H18N2O3S2/c13-11-3-1-2-4-12(11)18-7-8-19(16,17)14-6-5-10(15)9-14/h1-4,10,15H,5-9,13H2/t10-/m1/s1. The monoisotopic (exact) mass is 302 g/mol. The molecule has 0 aliphatic carbocycles. The Labute approximate surface area is 117 Å². The van der Waals surface area contributed by atoms with Gasteiger partial charge in [-0.2, -0.15) is 4.31 Å². The van der Waals surface area contributed by atoms with Crippen molar-refractivity contribution in [2.45, 2.75) is 17.4 Å². The molecule has 0 radical (unpaired) electrons. The Bertz CT molecular complexity index is 534. The molecule has 5 nitrogen and oxygen atoms in total. The van der Waals surface area contributed by atoms with Crippen LogP contribution in [0.1, 0.15) is 6.42 Å². The summed E-state index contributed by atoms with van der Waals surface area (Å²) in [6.07, 6.45) is 0.00468. The average Bonchev–Trinajstić information content (AvgIpc) is 2.79. The van der Waals surface area contributed by atoms with Crippen LogP contribution in [0.2, 0.25) is 0 Å². The van der Waals surface area contributed by atoms with Crippen LogP contribution in [-0.4, -0.2) is 48.5 Å². The molecule has 19 heavy (non-hydrogen) atoms. The number of sulfonamides is 1. The first-order chi connectivity index (χ1) is 8.99. The number of thioether (sulfide) groups is 1. The molecule has 1 heterocycles. The van der Waals surface area contributed by atoms with Crippen LogP contribution in [0.15, 0.2) is 29.2 Å². The number of benzene rings is 1. The molecule has 1 aliphatic heterocycles. The minimum atomic E-state index is -3.26. The number of nitrogens with two attached hydrogens (primary N) is 1. The molecule has 1 saturated heterocycles. The van der Waals surface area contributed by atoms with Crippen LogP contribution >= 0.6 is 11.8 Å². The molecule has 3 N–H and O–H groups in total. The van der Waals surface area contributed by atoms with E-state index in [2.05, 4.69) is 0 Å². The summed E-state index contributed by atoms with van der Waals surface area (Å²) < 4.78 is 25.4. The highest BCUT2D eigenvalue weighted by Gasteiger charge is 2.29. The van der Waals surface area contributed by atoms with Crippen LogP contribution in [0, 0.1) is 0 Å². The number of rotatable bonds is 5. The molecule has 1 aliphatic rings. The molecule has 0 aromatic heterocycles. The lowest BCUT2D eigenvalue weighted by atomic mass is 10.3. The van der Waals surface area contributed by atoms with E-state index in [1.807, 2.05) is 18.2 Å². The van der Waals surface area contributed by atoms with E-state index in [-0.39, 0.29) is 12.3 Å². The van der Waals surface area contributed by atoms with Gasteiger partial charge in [0.2, 0.25) is 10.0 Å². The van der Waals surface area contributed by atoms with Crippen molar-refractivity contribution in [1.82, 2.24) is 4.31 Å². The van der Waals surface area contributed by atoms with Gasteiger partial charge in [-0.1, -0.05) is 12.1 Å². The maximum Gasteiger partial charge on any atom is 0.215 e. The van der Waals surface area contributed by atoms with Crippen molar-refractivity contribution in [1.29, 1.82) is 0 Å². The summed E-state index contributed by atoms with van der Waals surface area (Å²) in [4.78, 5) is 0.902. The maximum atomic E-state index is 12.0. The largest absolute Gasteiger partial charge is 0.398 e. The third-order valence-electron chi connectivity index (χ3n) is 3.04. The number of hydrogen-bond donors (Lipinski definition) is 2. The highest BCUT2D eigenvalue weighted by atomic mass is 32.2. The van der Waals surface area contributed by atoms with E-state index >= 15 is 0 Å². The predicted molar refractivity (Wildman–Crippen MR) is 77.6 cm³/mol. The number of nitrogen functional groups attached to an aromatic ring is 1. The Balaban J connectivity index is 1.87. The van der Waals surface area contributed by atoms with Crippen LogP contribution in [0.5, 0.6) is 0 Å². The van der Waals surface area contributed by atoms with Gasteiger partial charge in [0.05, 0.1) is 11.9 Å². The van der Waals surface area contributed by atoms with Gasteiger partial charge in [0.15, 0.2) is 0 Å². The number of nitrogens with zero attached hydrogens (tertiary/aromatic N) is 1. The summed E-state index contributed by atoms with van der Waals surface area (Å²) >= 11 is 1.44. The van der Waals surface area contributed by atoms with E-state index in [9.17, 15) is 13.5 Å². The van der Waals surface area contributed by atoms with Gasteiger partial charge in [-0.3, -0.25) is 0 Å². The number of aliphatic hydroxyl groups is 1. The average molecular weight is 302 g/mol. The van der Waals surface area contributed by atoms with Gasteiger partial charge in [-0.05, 0) is 18.6 Å². The van der Waals surface area contributed by atoms with Gasteiger partial charge in [0.25, 0.3) is 0 Å². The highest BCUT2D eigenvalue weighted by Crippen LogP contribution is 2.25. The summed E-state index contributed by atoms with van der Waals surface area (Å²) in [6, 6.07) is 7.41. The van der Waals surface area contributed by atoms with Gasteiger partial charge in [0.1, 0.15) is 0 Å². The third kappa shape index (κ3) is 3.85. The zero-order valence-corrected chi connectivity index (χ0v) is 12.2. The van der Waals surface area contributed by atoms with E-state index in [4.69, 9.17) is 5.73 Å². The van der Waals surface area contributed by atoms with Gasteiger partial charge >= 0.3 is 0 Å². The second-order valence-corrected chi connectivity index (χ2v) is 7.73. The van der Waals surface area contributed by atoms with Gasteiger partial charge in [-0.15, -0.1) is 11.8 Å². The Morgan fingerprint density at radius 2 is 2.16 bits per heavy atom. The van der Waals surface area contributed by atoms with Crippen LogP contribution in [0.25, 0.3) is 0 Å². The molecule has 106 valence electrons. The normalized spacial score (nSPS) is 20.8. The fourth-order valence-corrected chi connectivity index (χ4v) is 4.81. The first kappa shape index (κ1) is 14.6. The van der Waals surface area contributed by atoms with Gasteiger partial charge in [0, 0.05) is 29.4 Å². The van der Waals surface area contributed by atoms with Crippen molar-refractivity contribution in [3.8, 4) is 0 Å². The molecule has 1 aromatic rings. The van der Waals surface area contributed by atoms with Gasteiger partial charge < -0.3 is 10.8 Å². The molecule has 1 atom stereocenters. The van der Waals surface area contributed by atoms with Crippen LogP contribution in [0.4, 0.5) is 5.69 Å². The van der Waals surface area contributed by atoms with Crippen molar-refractivity contribution in [3.05, 3.63) is 24.3 Å². The minimum absolute atomic E-state index is 0.0682. The fourth-order valence-electron chi connectivity index (χ4n) is 1.96. The number of hydrogen-bond acceptors (Lipinski definition) is 5. The summed E-state index contributed by atoms with van der Waals surface area (Å²) in [5.41, 5.74) is 6.47. The number of anilines is 1. The maximum absolute atomic E-state index is 12.0. The smallest absolute Gasteiger partial charge is 0.215 e. The Morgan fingerprint density at radius 1 is 1.42 bits per heavy atom. The van der Waals surface area contributed by atoms with Crippen molar-refractivity contribution in [3.63, 3.8) is 0 Å². The molecular formula is C12H18N2O3S2. The quantitative estimate of drug-likeness (QED) is 0.619. The Kier molecular flexibility index (Phi) is 4.72. The molecule has 0 bridgehead atoms. The van der Waals surface area contributed by atoms with Crippen molar-refractivity contribution < 1.29 is 13.5 Å². The topological polar surface area (TPSA) is 83.6 Å². The zero-order valence-electron chi connectivity index (χ0n) is 10.5. The fraction of sp³-hybridized carbons (Fsp3) is 0.500. The molecular weight excluding hydrogens is 284 g/mol. The Hall–Kier alpha value is -0.760. The SMILES string of the molecule is Nc1ccccc1SCCS(=O)(=O)N1CC[C@@H](O)C1. The summed E-state index contributed by atoms with van der Waals surface area (Å²) in [6.45, 7) is 0.641. The number of β-amino-alcohol motifs (C(OH)–C–C–N with tert-alkyl or cyclic N) is 1. The zero-order chi connectivity index (χ0) is 13.9. The molecule has 1 aromatic carbocycles. The van der Waals surface area contributed by atoms with E-state index in [0.29, 0.717) is 24.4 Å². The van der Waals surface area contributed by atoms with Crippen molar-refractivity contribution >= 4 is 27.5 Å². The summed E-state index contributed by atoms with van der Waals surface area (Å²) in [5.74, 6) is 0.530. The van der Waals surface area contributed by atoms with E-state index in [0.717, 1.165) is 4.90 Å². The molecule has 7 heteroatoms. The molecule has 0 unspecified atom stereocenters. The first-order valence-corrected chi connectivity index (χ1v) is 8.72. The molecule has 0 amide bonds. The minimum Gasteiger partial charge on any atom is -0.398 e.